The predicted octanol–water partition coefficient (Wildman–Crippen LogP) is 5.56. The number of para-hydroxylation sites is 1. The lowest BCUT2D eigenvalue weighted by molar-refractivity contribution is -0.146. The van der Waals surface area contributed by atoms with Crippen molar-refractivity contribution in [2.75, 3.05) is 10.6 Å². The molecule has 0 radical (unpaired) electrons. The fourth-order valence-corrected chi connectivity index (χ4v) is 5.07. The van der Waals surface area contributed by atoms with E-state index in [0.717, 1.165) is 43.2 Å². The molecule has 4 rings (SSSR count). The molecular weight excluding hydrogens is 482 g/mol. The van der Waals surface area contributed by atoms with Crippen LogP contribution in [0, 0.1) is 19.8 Å². The lowest BCUT2D eigenvalue weighted by Gasteiger charge is -2.37. The molecule has 0 saturated heterocycles. The topological polar surface area (TPSA) is 133 Å². The summed E-state index contributed by atoms with van der Waals surface area (Å²) in [4.78, 5) is 47.1. The van der Waals surface area contributed by atoms with E-state index in [1.165, 1.54) is 6.33 Å². The lowest BCUT2D eigenvalue weighted by Crippen LogP contribution is -2.57. The van der Waals surface area contributed by atoms with Gasteiger partial charge in [-0.05, 0) is 68.4 Å². The number of amides is 3. The predicted molar refractivity (Wildman–Crippen MR) is 146 cm³/mol. The number of anilines is 2. The SMILES string of the molecule is Cc1cccc(C)c1NC(=O)Nc1cc(-c2cncnc2)ccc1C(=O)N[C@](C)(C(=O)O)C1CCCCC1. The summed E-state index contributed by atoms with van der Waals surface area (Å²) in [5, 5.41) is 18.6. The van der Waals surface area contributed by atoms with Gasteiger partial charge in [-0.15, -0.1) is 0 Å². The zero-order valence-corrected chi connectivity index (χ0v) is 21.9. The number of benzene rings is 2. The lowest BCUT2D eigenvalue weighted by atomic mass is 9.75. The minimum atomic E-state index is -1.43. The molecule has 3 amide bonds. The van der Waals surface area contributed by atoms with Crippen molar-refractivity contribution in [1.82, 2.24) is 15.3 Å². The second kappa shape index (κ2) is 11.4. The number of hydrogen-bond donors (Lipinski definition) is 4. The largest absolute Gasteiger partial charge is 0.480 e. The quantitative estimate of drug-likeness (QED) is 0.326. The third-order valence-corrected chi connectivity index (χ3v) is 7.37. The van der Waals surface area contributed by atoms with Crippen LogP contribution in [0.1, 0.15) is 60.5 Å². The number of carbonyl (C=O) groups excluding carboxylic acids is 2. The second-order valence-corrected chi connectivity index (χ2v) is 10.0. The van der Waals surface area contributed by atoms with Crippen LogP contribution < -0.4 is 16.0 Å². The summed E-state index contributed by atoms with van der Waals surface area (Å²) in [6.07, 6.45) is 9.08. The number of rotatable bonds is 7. The van der Waals surface area contributed by atoms with Crippen LogP contribution in [-0.4, -0.2) is 38.5 Å². The molecule has 198 valence electrons. The van der Waals surface area contributed by atoms with Crippen LogP contribution >= 0.6 is 0 Å². The minimum Gasteiger partial charge on any atom is -0.480 e. The number of nitrogens with one attached hydrogen (secondary N) is 3. The van der Waals surface area contributed by atoms with Gasteiger partial charge in [0.05, 0.1) is 11.3 Å². The van der Waals surface area contributed by atoms with Crippen molar-refractivity contribution in [3.05, 3.63) is 71.8 Å². The Morgan fingerprint density at radius 3 is 2.21 bits per heavy atom. The van der Waals surface area contributed by atoms with E-state index >= 15 is 0 Å². The first kappa shape index (κ1) is 26.8. The third kappa shape index (κ3) is 5.82. The highest BCUT2D eigenvalue weighted by atomic mass is 16.4. The monoisotopic (exact) mass is 515 g/mol. The zero-order chi connectivity index (χ0) is 27.3. The van der Waals surface area contributed by atoms with E-state index in [0.29, 0.717) is 16.8 Å². The van der Waals surface area contributed by atoms with Gasteiger partial charge in [0.15, 0.2) is 0 Å². The van der Waals surface area contributed by atoms with Gasteiger partial charge < -0.3 is 21.1 Å². The number of aryl methyl sites for hydroxylation is 2. The Kier molecular flexibility index (Phi) is 8.05. The number of carboxylic acids is 1. The molecule has 0 bridgehead atoms. The molecule has 1 heterocycles. The van der Waals surface area contributed by atoms with E-state index in [1.807, 2.05) is 32.0 Å². The van der Waals surface area contributed by atoms with E-state index < -0.39 is 23.4 Å². The van der Waals surface area contributed by atoms with Crippen LogP contribution in [0.2, 0.25) is 0 Å². The van der Waals surface area contributed by atoms with Gasteiger partial charge in [0, 0.05) is 23.6 Å². The highest BCUT2D eigenvalue weighted by Gasteiger charge is 2.43. The summed E-state index contributed by atoms with van der Waals surface area (Å²) in [5.74, 6) is -1.82. The second-order valence-electron chi connectivity index (χ2n) is 10.0. The maximum absolute atomic E-state index is 13.6. The third-order valence-electron chi connectivity index (χ3n) is 7.37. The van der Waals surface area contributed by atoms with Crippen molar-refractivity contribution >= 4 is 29.3 Å². The minimum absolute atomic E-state index is 0.158. The Morgan fingerprint density at radius 1 is 0.921 bits per heavy atom. The van der Waals surface area contributed by atoms with E-state index in [-0.39, 0.29) is 17.2 Å². The Morgan fingerprint density at radius 2 is 1.58 bits per heavy atom. The van der Waals surface area contributed by atoms with E-state index in [4.69, 9.17) is 0 Å². The number of carbonyl (C=O) groups is 3. The summed E-state index contributed by atoms with van der Waals surface area (Å²) < 4.78 is 0. The van der Waals surface area contributed by atoms with Crippen molar-refractivity contribution in [2.24, 2.45) is 5.92 Å². The molecule has 1 aromatic heterocycles. The Balaban J connectivity index is 1.66. The molecule has 3 aromatic rings. The van der Waals surface area contributed by atoms with Gasteiger partial charge in [0.1, 0.15) is 11.9 Å². The van der Waals surface area contributed by atoms with Gasteiger partial charge in [0.25, 0.3) is 5.91 Å². The van der Waals surface area contributed by atoms with Crippen molar-refractivity contribution in [1.29, 1.82) is 0 Å². The molecule has 4 N–H and O–H groups in total. The fourth-order valence-electron chi connectivity index (χ4n) is 5.07. The molecule has 1 aliphatic carbocycles. The molecule has 1 saturated carbocycles. The number of urea groups is 1. The van der Waals surface area contributed by atoms with Crippen LogP contribution in [0.3, 0.4) is 0 Å². The van der Waals surface area contributed by atoms with Crippen molar-refractivity contribution in [3.8, 4) is 11.1 Å². The fraction of sp³-hybridized carbons (Fsp3) is 0.345. The summed E-state index contributed by atoms with van der Waals surface area (Å²) in [5.41, 5.74) is 2.85. The molecule has 0 aliphatic heterocycles. The summed E-state index contributed by atoms with van der Waals surface area (Å²) in [7, 11) is 0. The Bertz CT molecular complexity index is 1320. The highest BCUT2D eigenvalue weighted by Crippen LogP contribution is 2.34. The smallest absolute Gasteiger partial charge is 0.329 e. The highest BCUT2D eigenvalue weighted by molar-refractivity contribution is 6.08. The van der Waals surface area contributed by atoms with Crippen LogP contribution in [-0.2, 0) is 4.79 Å². The number of aromatic nitrogens is 2. The van der Waals surface area contributed by atoms with Gasteiger partial charge >= 0.3 is 12.0 Å². The van der Waals surface area contributed by atoms with Crippen LogP contribution in [0.15, 0.2) is 55.1 Å². The Labute approximate surface area is 222 Å². The van der Waals surface area contributed by atoms with Crippen LogP contribution in [0.4, 0.5) is 16.2 Å². The Hall–Kier alpha value is -4.27. The van der Waals surface area contributed by atoms with Crippen LogP contribution in [0.5, 0.6) is 0 Å². The number of carboxylic acid groups (broad SMARTS) is 1. The van der Waals surface area contributed by atoms with E-state index in [1.54, 1.807) is 37.5 Å². The average Bonchev–Trinajstić information content (AvgIpc) is 2.91. The van der Waals surface area contributed by atoms with E-state index in [2.05, 4.69) is 25.9 Å². The van der Waals surface area contributed by atoms with Gasteiger partial charge in [-0.1, -0.05) is 43.5 Å². The molecule has 9 nitrogen and oxygen atoms in total. The van der Waals surface area contributed by atoms with Gasteiger partial charge in [-0.3, -0.25) is 4.79 Å². The van der Waals surface area contributed by atoms with Gasteiger partial charge in [-0.2, -0.15) is 0 Å². The maximum Gasteiger partial charge on any atom is 0.329 e. The summed E-state index contributed by atoms with van der Waals surface area (Å²) in [6.45, 7) is 5.37. The van der Waals surface area contributed by atoms with Crippen LogP contribution in [0.25, 0.3) is 11.1 Å². The molecule has 2 aromatic carbocycles. The molecule has 0 spiro atoms. The molecule has 1 fully saturated rings. The number of nitrogens with zero attached hydrogens (tertiary/aromatic N) is 2. The first-order valence-corrected chi connectivity index (χ1v) is 12.8. The molecule has 38 heavy (non-hydrogen) atoms. The van der Waals surface area contributed by atoms with Crippen molar-refractivity contribution in [3.63, 3.8) is 0 Å². The molecule has 1 atom stereocenters. The maximum atomic E-state index is 13.6. The molecular formula is C29H33N5O4. The zero-order valence-electron chi connectivity index (χ0n) is 21.9. The normalized spacial score (nSPS) is 15.2. The van der Waals surface area contributed by atoms with Crippen molar-refractivity contribution < 1.29 is 19.5 Å². The van der Waals surface area contributed by atoms with Crippen molar-refractivity contribution in [2.45, 2.75) is 58.4 Å². The van der Waals surface area contributed by atoms with Gasteiger partial charge in [0.2, 0.25) is 0 Å². The average molecular weight is 516 g/mol. The molecule has 9 heteroatoms. The molecule has 1 aliphatic rings. The standard InChI is InChI=1S/C29H33N5O4/c1-18-8-7-9-19(2)25(18)33-28(38)32-24-14-20(21-15-30-17-31-16-21)12-13-23(24)26(35)34-29(3,27(36)37)22-10-5-4-6-11-22/h7-9,12-17,22H,4-6,10-11H2,1-3H3,(H,34,35)(H,36,37)(H2,32,33,38)/t29-/m0/s1. The molecule has 0 unspecified atom stereocenters. The summed E-state index contributed by atoms with van der Waals surface area (Å²) >= 11 is 0. The van der Waals surface area contributed by atoms with Gasteiger partial charge in [-0.25, -0.2) is 19.6 Å². The number of aliphatic carboxylic acids is 1. The van der Waals surface area contributed by atoms with E-state index in [9.17, 15) is 19.5 Å². The first-order chi connectivity index (χ1) is 18.2. The first-order valence-electron chi connectivity index (χ1n) is 12.8. The number of hydrogen-bond acceptors (Lipinski definition) is 5. The summed E-state index contributed by atoms with van der Waals surface area (Å²) in [6, 6.07) is 10.1.